The molecule has 3 rings (SSSR count). The summed E-state index contributed by atoms with van der Waals surface area (Å²) in [4.78, 5) is 8.37. The van der Waals surface area contributed by atoms with Gasteiger partial charge in [0.1, 0.15) is 5.82 Å². The van der Waals surface area contributed by atoms with E-state index in [1.807, 2.05) is 31.3 Å². The molecule has 0 aliphatic carbocycles. The Morgan fingerprint density at radius 2 is 2.10 bits per heavy atom. The van der Waals surface area contributed by atoms with Gasteiger partial charge in [-0.3, -0.25) is 4.68 Å². The van der Waals surface area contributed by atoms with E-state index >= 15 is 0 Å². The van der Waals surface area contributed by atoms with Crippen molar-refractivity contribution in [1.82, 2.24) is 19.7 Å². The molecule has 0 aliphatic heterocycles. The fourth-order valence-corrected chi connectivity index (χ4v) is 2.34. The summed E-state index contributed by atoms with van der Waals surface area (Å²) in [5.41, 5.74) is 1.75. The third-order valence-electron chi connectivity index (χ3n) is 2.91. The normalized spacial score (nSPS) is 10.9. The number of fused-ring (bicyclic) bond motifs is 1. The van der Waals surface area contributed by atoms with Gasteiger partial charge < -0.3 is 5.32 Å². The summed E-state index contributed by atoms with van der Waals surface area (Å²) in [6, 6.07) is 7.64. The van der Waals surface area contributed by atoms with Crippen molar-refractivity contribution in [1.29, 1.82) is 0 Å². The predicted molar refractivity (Wildman–Crippen MR) is 80.1 cm³/mol. The van der Waals surface area contributed by atoms with Crippen LogP contribution in [0.1, 0.15) is 5.56 Å². The highest BCUT2D eigenvalue weighted by Crippen LogP contribution is 2.22. The van der Waals surface area contributed by atoms with Crippen LogP contribution in [0.4, 0.5) is 5.82 Å². The van der Waals surface area contributed by atoms with Crippen molar-refractivity contribution in [3.63, 3.8) is 0 Å². The molecule has 0 amide bonds. The second kappa shape index (κ2) is 5.26. The molecule has 0 fully saturated rings. The van der Waals surface area contributed by atoms with Crippen LogP contribution in [0.2, 0.25) is 10.3 Å². The molecule has 0 bridgehead atoms. The summed E-state index contributed by atoms with van der Waals surface area (Å²) < 4.78 is 1.66. The van der Waals surface area contributed by atoms with Gasteiger partial charge in [0.2, 0.25) is 5.28 Å². The number of aryl methyl sites for hydroxylation is 1. The number of halogens is 2. The lowest BCUT2D eigenvalue weighted by Gasteiger charge is -2.07. The van der Waals surface area contributed by atoms with Gasteiger partial charge >= 0.3 is 0 Å². The second-order valence-corrected chi connectivity index (χ2v) is 5.10. The molecular weight excluding hydrogens is 297 g/mol. The van der Waals surface area contributed by atoms with Gasteiger partial charge in [0.15, 0.2) is 5.65 Å². The molecule has 0 saturated heterocycles. The quantitative estimate of drug-likeness (QED) is 0.754. The standard InChI is InChI=1S/C13H11Cl2N5/c1-20-12-10(7-17-20)11(18-13(15)19-12)16-6-8-3-2-4-9(14)5-8/h2-5,7H,6H2,1H3,(H,16,18,19). The first kappa shape index (κ1) is 13.1. The van der Waals surface area contributed by atoms with Gasteiger partial charge in [0.05, 0.1) is 11.6 Å². The summed E-state index contributed by atoms with van der Waals surface area (Å²) in [7, 11) is 1.81. The van der Waals surface area contributed by atoms with Gasteiger partial charge in [-0.05, 0) is 29.3 Å². The van der Waals surface area contributed by atoms with E-state index < -0.39 is 0 Å². The number of rotatable bonds is 3. The molecule has 0 atom stereocenters. The summed E-state index contributed by atoms with van der Waals surface area (Å²) in [6.07, 6.45) is 1.71. The summed E-state index contributed by atoms with van der Waals surface area (Å²) in [6.45, 7) is 0.595. The minimum Gasteiger partial charge on any atom is -0.365 e. The average Bonchev–Trinajstić information content (AvgIpc) is 2.78. The Bertz CT molecular complexity index is 769. The molecule has 7 heteroatoms. The minimum atomic E-state index is 0.190. The summed E-state index contributed by atoms with van der Waals surface area (Å²) in [5, 5.41) is 9.13. The van der Waals surface area contributed by atoms with E-state index in [2.05, 4.69) is 20.4 Å². The van der Waals surface area contributed by atoms with Crippen LogP contribution in [0.3, 0.4) is 0 Å². The Hall–Kier alpha value is -1.85. The fraction of sp³-hybridized carbons (Fsp3) is 0.154. The summed E-state index contributed by atoms with van der Waals surface area (Å²) in [5.74, 6) is 0.660. The Labute approximate surface area is 125 Å². The van der Waals surface area contributed by atoms with Crippen molar-refractivity contribution in [3.05, 3.63) is 46.3 Å². The zero-order valence-corrected chi connectivity index (χ0v) is 12.2. The first-order valence-corrected chi connectivity index (χ1v) is 6.72. The maximum atomic E-state index is 5.96. The maximum absolute atomic E-state index is 5.96. The molecule has 0 saturated carbocycles. The third kappa shape index (κ3) is 2.55. The minimum absolute atomic E-state index is 0.190. The number of benzene rings is 1. The number of anilines is 1. The van der Waals surface area contributed by atoms with Crippen molar-refractivity contribution < 1.29 is 0 Å². The van der Waals surface area contributed by atoms with E-state index in [0.717, 1.165) is 10.9 Å². The smallest absolute Gasteiger partial charge is 0.226 e. The number of nitrogens with zero attached hydrogens (tertiary/aromatic N) is 4. The lowest BCUT2D eigenvalue weighted by atomic mass is 10.2. The first-order valence-electron chi connectivity index (χ1n) is 5.97. The van der Waals surface area contributed by atoms with E-state index in [0.29, 0.717) is 23.0 Å². The number of aromatic nitrogens is 4. The van der Waals surface area contributed by atoms with Gasteiger partial charge in [0.25, 0.3) is 0 Å². The molecule has 0 aliphatic rings. The second-order valence-electron chi connectivity index (χ2n) is 4.33. The van der Waals surface area contributed by atoms with Crippen LogP contribution in [0, 0.1) is 0 Å². The molecule has 0 spiro atoms. The molecule has 102 valence electrons. The largest absolute Gasteiger partial charge is 0.365 e. The van der Waals surface area contributed by atoms with Crippen LogP contribution in [-0.2, 0) is 13.6 Å². The number of nitrogens with one attached hydrogen (secondary N) is 1. The first-order chi connectivity index (χ1) is 9.63. The van der Waals surface area contributed by atoms with Crippen molar-refractivity contribution in [2.24, 2.45) is 7.05 Å². The molecular formula is C13H11Cl2N5. The van der Waals surface area contributed by atoms with Gasteiger partial charge in [0, 0.05) is 18.6 Å². The average molecular weight is 308 g/mol. The van der Waals surface area contributed by atoms with Gasteiger partial charge in [-0.25, -0.2) is 0 Å². The van der Waals surface area contributed by atoms with Crippen molar-refractivity contribution in [2.75, 3.05) is 5.32 Å². The lowest BCUT2D eigenvalue weighted by molar-refractivity contribution is 0.785. The molecule has 20 heavy (non-hydrogen) atoms. The molecule has 0 unspecified atom stereocenters. The molecule has 5 nitrogen and oxygen atoms in total. The SMILES string of the molecule is Cn1ncc2c(NCc3cccc(Cl)c3)nc(Cl)nc21. The monoisotopic (exact) mass is 307 g/mol. The molecule has 1 N–H and O–H groups in total. The van der Waals surface area contributed by atoms with Crippen LogP contribution in [0.25, 0.3) is 11.0 Å². The maximum Gasteiger partial charge on any atom is 0.226 e. The Morgan fingerprint density at radius 1 is 1.25 bits per heavy atom. The third-order valence-corrected chi connectivity index (χ3v) is 3.32. The van der Waals surface area contributed by atoms with Crippen LogP contribution in [0.15, 0.2) is 30.5 Å². The van der Waals surface area contributed by atoms with Gasteiger partial charge in [-0.2, -0.15) is 15.1 Å². The highest BCUT2D eigenvalue weighted by molar-refractivity contribution is 6.30. The van der Waals surface area contributed by atoms with E-state index in [4.69, 9.17) is 23.2 Å². The zero-order chi connectivity index (χ0) is 14.1. The zero-order valence-electron chi connectivity index (χ0n) is 10.6. The highest BCUT2D eigenvalue weighted by Gasteiger charge is 2.10. The molecule has 3 aromatic rings. The van der Waals surface area contributed by atoms with E-state index in [-0.39, 0.29) is 5.28 Å². The molecule has 0 radical (unpaired) electrons. The van der Waals surface area contributed by atoms with Gasteiger partial charge in [-0.15, -0.1) is 0 Å². The lowest BCUT2D eigenvalue weighted by Crippen LogP contribution is -2.03. The Morgan fingerprint density at radius 3 is 2.90 bits per heavy atom. The highest BCUT2D eigenvalue weighted by atomic mass is 35.5. The number of hydrogen-bond acceptors (Lipinski definition) is 4. The van der Waals surface area contributed by atoms with Crippen LogP contribution in [-0.4, -0.2) is 19.7 Å². The van der Waals surface area contributed by atoms with E-state index in [9.17, 15) is 0 Å². The van der Waals surface area contributed by atoms with E-state index in [1.165, 1.54) is 0 Å². The molecule has 2 heterocycles. The fourth-order valence-electron chi connectivity index (χ4n) is 1.96. The van der Waals surface area contributed by atoms with Crippen LogP contribution >= 0.6 is 23.2 Å². The Balaban J connectivity index is 1.91. The van der Waals surface area contributed by atoms with E-state index in [1.54, 1.807) is 10.9 Å². The van der Waals surface area contributed by atoms with Crippen molar-refractivity contribution in [2.45, 2.75) is 6.54 Å². The topological polar surface area (TPSA) is 55.6 Å². The predicted octanol–water partition coefficient (Wildman–Crippen LogP) is 3.28. The molecule has 1 aromatic carbocycles. The Kier molecular flexibility index (Phi) is 3.46. The van der Waals surface area contributed by atoms with Crippen molar-refractivity contribution >= 4 is 40.1 Å². The van der Waals surface area contributed by atoms with Crippen LogP contribution in [0.5, 0.6) is 0 Å². The molecule has 2 aromatic heterocycles. The van der Waals surface area contributed by atoms with Crippen LogP contribution < -0.4 is 5.32 Å². The summed E-state index contributed by atoms with van der Waals surface area (Å²) >= 11 is 11.9. The number of hydrogen-bond donors (Lipinski definition) is 1. The van der Waals surface area contributed by atoms with Gasteiger partial charge in [-0.1, -0.05) is 23.7 Å². The van der Waals surface area contributed by atoms with Crippen molar-refractivity contribution in [3.8, 4) is 0 Å².